The Kier molecular flexibility index (Phi) is 4.75. The van der Waals surface area contributed by atoms with Gasteiger partial charge in [-0.15, -0.1) is 0 Å². The van der Waals surface area contributed by atoms with Crippen LogP contribution < -0.4 is 14.6 Å². The summed E-state index contributed by atoms with van der Waals surface area (Å²) in [5.74, 6) is -2.02. The minimum atomic E-state index is -1.02. The molecule has 2 heterocycles. The summed E-state index contributed by atoms with van der Waals surface area (Å²) in [6.45, 7) is 1.81. The summed E-state index contributed by atoms with van der Waals surface area (Å²) in [4.78, 5) is 40.0. The molecule has 8 heteroatoms. The van der Waals surface area contributed by atoms with Crippen molar-refractivity contribution in [3.8, 4) is 5.75 Å². The van der Waals surface area contributed by atoms with E-state index in [4.69, 9.17) is 9.47 Å². The Morgan fingerprint density at radius 2 is 1.69 bits per heavy atom. The molecule has 2 aromatic carbocycles. The largest absolute Gasteiger partial charge is 0.497 e. The van der Waals surface area contributed by atoms with Crippen molar-refractivity contribution < 1.29 is 23.9 Å². The van der Waals surface area contributed by atoms with Crippen LogP contribution in [-0.2, 0) is 19.1 Å². The Hall–Kier alpha value is -3.68. The summed E-state index contributed by atoms with van der Waals surface area (Å²) in [6.07, 6.45) is 0. The fraction of sp³-hybridized carbons (Fsp3) is 0.238. The van der Waals surface area contributed by atoms with Crippen LogP contribution >= 0.6 is 0 Å². The smallest absolute Gasteiger partial charge is 0.355 e. The number of nitrogens with zero attached hydrogens (tertiary/aromatic N) is 3. The van der Waals surface area contributed by atoms with E-state index in [0.717, 1.165) is 4.90 Å². The molecule has 2 aromatic rings. The molecule has 2 aliphatic heterocycles. The quantitative estimate of drug-likeness (QED) is 0.570. The second-order valence-corrected chi connectivity index (χ2v) is 6.52. The van der Waals surface area contributed by atoms with Gasteiger partial charge in [0, 0.05) is 0 Å². The molecule has 0 radical (unpaired) electrons. The first kappa shape index (κ1) is 18.7. The molecule has 4 rings (SSSR count). The summed E-state index contributed by atoms with van der Waals surface area (Å²) >= 11 is 0. The highest BCUT2D eigenvalue weighted by Crippen LogP contribution is 2.38. The van der Waals surface area contributed by atoms with Crippen LogP contribution in [0.4, 0.5) is 11.4 Å². The average molecular weight is 393 g/mol. The molecule has 0 aliphatic carbocycles. The van der Waals surface area contributed by atoms with Gasteiger partial charge >= 0.3 is 5.97 Å². The number of benzene rings is 2. The average Bonchev–Trinajstić information content (AvgIpc) is 3.26. The maximum Gasteiger partial charge on any atom is 0.355 e. The van der Waals surface area contributed by atoms with Crippen LogP contribution in [0.15, 0.2) is 59.7 Å². The Labute approximate surface area is 167 Å². The van der Waals surface area contributed by atoms with Crippen LogP contribution in [-0.4, -0.2) is 43.3 Å². The number of fused-ring (bicyclic) bond motifs is 1. The lowest BCUT2D eigenvalue weighted by Crippen LogP contribution is -2.39. The van der Waals surface area contributed by atoms with E-state index in [1.165, 1.54) is 5.01 Å². The molecule has 2 atom stereocenters. The first-order valence-electron chi connectivity index (χ1n) is 9.18. The lowest BCUT2D eigenvalue weighted by atomic mass is 9.98. The topological polar surface area (TPSA) is 88.5 Å². The third-order valence-corrected chi connectivity index (χ3v) is 4.89. The van der Waals surface area contributed by atoms with Gasteiger partial charge in [0.25, 0.3) is 5.91 Å². The first-order valence-corrected chi connectivity index (χ1v) is 9.18. The normalized spacial score (nSPS) is 20.6. The number of amides is 2. The number of anilines is 2. The van der Waals surface area contributed by atoms with Crippen molar-refractivity contribution in [2.75, 3.05) is 23.6 Å². The summed E-state index contributed by atoms with van der Waals surface area (Å²) in [5.41, 5.74) is 0.954. The van der Waals surface area contributed by atoms with Crippen molar-refractivity contribution in [1.29, 1.82) is 0 Å². The molecule has 0 unspecified atom stereocenters. The van der Waals surface area contributed by atoms with Gasteiger partial charge in [0.2, 0.25) is 5.91 Å². The van der Waals surface area contributed by atoms with Gasteiger partial charge in [0.05, 0.1) is 25.1 Å². The van der Waals surface area contributed by atoms with Crippen LogP contribution in [0.3, 0.4) is 0 Å². The number of hydrazone groups is 1. The van der Waals surface area contributed by atoms with Crippen LogP contribution in [0.5, 0.6) is 5.75 Å². The van der Waals surface area contributed by atoms with Crippen LogP contribution in [0.1, 0.15) is 6.92 Å². The fourth-order valence-corrected chi connectivity index (χ4v) is 3.57. The molecule has 148 valence electrons. The van der Waals surface area contributed by atoms with Gasteiger partial charge in [0.15, 0.2) is 5.71 Å². The molecular formula is C21H19N3O5. The van der Waals surface area contributed by atoms with Gasteiger partial charge in [-0.2, -0.15) is 5.10 Å². The maximum atomic E-state index is 13.2. The predicted octanol–water partition coefficient (Wildman–Crippen LogP) is 1.99. The molecule has 0 spiro atoms. The van der Waals surface area contributed by atoms with E-state index in [0.29, 0.717) is 17.1 Å². The molecule has 0 bridgehead atoms. The van der Waals surface area contributed by atoms with Crippen LogP contribution in [0.25, 0.3) is 0 Å². The van der Waals surface area contributed by atoms with Crippen molar-refractivity contribution in [3.05, 3.63) is 54.6 Å². The van der Waals surface area contributed by atoms with E-state index < -0.39 is 29.7 Å². The van der Waals surface area contributed by atoms with Crippen LogP contribution in [0, 0.1) is 5.92 Å². The SMILES string of the molecule is CCOC(=O)C1=NN(c2ccc(OC)cc2)[C@@H]2C(=O)N(c3ccccc3)C(=O)[C@@H]12. The van der Waals surface area contributed by atoms with Crippen molar-refractivity contribution in [2.45, 2.75) is 13.0 Å². The maximum absolute atomic E-state index is 13.2. The zero-order chi connectivity index (χ0) is 20.5. The zero-order valence-electron chi connectivity index (χ0n) is 15.9. The number of hydrogen-bond acceptors (Lipinski definition) is 7. The molecule has 2 amide bonds. The highest BCUT2D eigenvalue weighted by atomic mass is 16.5. The second kappa shape index (κ2) is 7.38. The lowest BCUT2D eigenvalue weighted by molar-refractivity contribution is -0.136. The molecule has 2 aliphatic rings. The molecule has 29 heavy (non-hydrogen) atoms. The number of esters is 1. The molecule has 0 saturated carbocycles. The van der Waals surface area contributed by atoms with E-state index >= 15 is 0 Å². The molecule has 1 saturated heterocycles. The van der Waals surface area contributed by atoms with E-state index in [-0.39, 0.29) is 12.3 Å². The van der Waals surface area contributed by atoms with Gasteiger partial charge in [-0.3, -0.25) is 14.6 Å². The van der Waals surface area contributed by atoms with Gasteiger partial charge in [-0.1, -0.05) is 18.2 Å². The molecule has 8 nitrogen and oxygen atoms in total. The molecular weight excluding hydrogens is 374 g/mol. The first-order chi connectivity index (χ1) is 14.1. The number of methoxy groups -OCH3 is 1. The number of carbonyl (C=O) groups excluding carboxylic acids is 3. The minimum Gasteiger partial charge on any atom is -0.497 e. The Balaban J connectivity index is 1.77. The molecule has 1 fully saturated rings. The number of hydrogen-bond donors (Lipinski definition) is 0. The molecule has 0 aromatic heterocycles. The molecule has 0 N–H and O–H groups in total. The number of rotatable bonds is 5. The predicted molar refractivity (Wildman–Crippen MR) is 106 cm³/mol. The van der Waals surface area contributed by atoms with Crippen molar-refractivity contribution in [2.24, 2.45) is 11.0 Å². The van der Waals surface area contributed by atoms with Crippen molar-refractivity contribution in [1.82, 2.24) is 0 Å². The Bertz CT molecular complexity index is 987. The minimum absolute atomic E-state index is 0.0653. The van der Waals surface area contributed by atoms with Gasteiger partial charge in [-0.05, 0) is 43.3 Å². The summed E-state index contributed by atoms with van der Waals surface area (Å²) in [6, 6.07) is 14.6. The number of ether oxygens (including phenoxy) is 2. The highest BCUT2D eigenvalue weighted by molar-refractivity contribution is 6.47. The van der Waals surface area contributed by atoms with Gasteiger partial charge in [-0.25, -0.2) is 9.69 Å². The van der Waals surface area contributed by atoms with E-state index in [2.05, 4.69) is 5.10 Å². The monoisotopic (exact) mass is 393 g/mol. The lowest BCUT2D eigenvalue weighted by Gasteiger charge is -2.22. The Morgan fingerprint density at radius 3 is 2.31 bits per heavy atom. The van der Waals surface area contributed by atoms with Crippen LogP contribution in [0.2, 0.25) is 0 Å². The number of imide groups is 1. The van der Waals surface area contributed by atoms with Crippen molar-refractivity contribution in [3.63, 3.8) is 0 Å². The van der Waals surface area contributed by atoms with Gasteiger partial charge in [0.1, 0.15) is 17.7 Å². The summed E-state index contributed by atoms with van der Waals surface area (Å²) in [7, 11) is 1.55. The second-order valence-electron chi connectivity index (χ2n) is 6.52. The zero-order valence-corrected chi connectivity index (χ0v) is 15.9. The van der Waals surface area contributed by atoms with E-state index in [1.807, 2.05) is 0 Å². The number of para-hydroxylation sites is 1. The highest BCUT2D eigenvalue weighted by Gasteiger charge is 2.59. The fourth-order valence-electron chi connectivity index (χ4n) is 3.57. The van der Waals surface area contributed by atoms with Gasteiger partial charge < -0.3 is 9.47 Å². The third kappa shape index (κ3) is 3.02. The third-order valence-electron chi connectivity index (χ3n) is 4.89. The Morgan fingerprint density at radius 1 is 1.00 bits per heavy atom. The standard InChI is InChI=1S/C21H19N3O5/c1-3-29-21(27)17-16-18(24(22-17)14-9-11-15(28-2)12-10-14)20(26)23(19(16)25)13-7-5-4-6-8-13/h4-12,16,18H,3H2,1-2H3/t16-,18-/m0/s1. The van der Waals surface area contributed by atoms with E-state index in [9.17, 15) is 14.4 Å². The number of carbonyl (C=O) groups is 3. The summed E-state index contributed by atoms with van der Waals surface area (Å²) in [5, 5.41) is 5.73. The summed E-state index contributed by atoms with van der Waals surface area (Å²) < 4.78 is 10.2. The van der Waals surface area contributed by atoms with E-state index in [1.54, 1.807) is 68.6 Å². The van der Waals surface area contributed by atoms with Crippen molar-refractivity contribution >= 4 is 34.9 Å².